The van der Waals surface area contributed by atoms with Crippen LogP contribution in [0.4, 0.5) is 5.69 Å². The highest BCUT2D eigenvalue weighted by Gasteiger charge is 2.41. The zero-order valence-corrected chi connectivity index (χ0v) is 18.8. The van der Waals surface area contributed by atoms with Crippen LogP contribution < -0.4 is 4.90 Å². The molecule has 3 aliphatic rings. The molecule has 0 aliphatic carbocycles. The number of ether oxygens (including phenoxy) is 1. The molecule has 0 unspecified atom stereocenters. The van der Waals surface area contributed by atoms with E-state index in [0.29, 0.717) is 29.9 Å². The fraction of sp³-hybridized carbons (Fsp3) is 0.500. The normalized spacial score (nSPS) is 21.0. The van der Waals surface area contributed by atoms with Gasteiger partial charge in [-0.3, -0.25) is 4.40 Å². The molecule has 2 fully saturated rings. The Hall–Kier alpha value is -3.04. The number of benzene rings is 1. The largest absolute Gasteiger partial charge is 0.457 e. The van der Waals surface area contributed by atoms with Gasteiger partial charge in [-0.05, 0) is 61.9 Å². The van der Waals surface area contributed by atoms with Crippen LogP contribution in [-0.2, 0) is 11.3 Å². The SMILES string of the molecule is Cc1c([C@@H](O)CN2CCC3(CC2)CCN(c2cnc4nncn4c2)C3)ccc2c1COC2=O. The van der Waals surface area contributed by atoms with E-state index in [1.807, 2.05) is 23.6 Å². The summed E-state index contributed by atoms with van der Waals surface area (Å²) >= 11 is 0. The summed E-state index contributed by atoms with van der Waals surface area (Å²) in [6, 6.07) is 3.67. The van der Waals surface area contributed by atoms with Crippen molar-refractivity contribution >= 4 is 17.4 Å². The first-order chi connectivity index (χ1) is 16.0. The molecule has 172 valence electrons. The Morgan fingerprint density at radius 1 is 1.21 bits per heavy atom. The van der Waals surface area contributed by atoms with Crippen molar-refractivity contribution in [2.75, 3.05) is 37.6 Å². The monoisotopic (exact) mass is 448 g/mol. The number of fused-ring (bicyclic) bond motifs is 2. The maximum Gasteiger partial charge on any atom is 0.338 e. The highest BCUT2D eigenvalue weighted by molar-refractivity contribution is 5.93. The lowest BCUT2D eigenvalue weighted by Gasteiger charge is -2.40. The molecule has 3 aliphatic heterocycles. The van der Waals surface area contributed by atoms with Gasteiger partial charge in [0, 0.05) is 31.4 Å². The van der Waals surface area contributed by atoms with E-state index in [4.69, 9.17) is 4.74 Å². The van der Waals surface area contributed by atoms with E-state index in [1.54, 1.807) is 12.4 Å². The predicted octanol–water partition coefficient (Wildman–Crippen LogP) is 2.13. The number of carbonyl (C=O) groups is 1. The van der Waals surface area contributed by atoms with Gasteiger partial charge in [0.1, 0.15) is 12.9 Å². The summed E-state index contributed by atoms with van der Waals surface area (Å²) in [7, 11) is 0. The van der Waals surface area contributed by atoms with Crippen LogP contribution in [0.1, 0.15) is 52.4 Å². The molecule has 1 spiro atoms. The molecule has 1 aromatic carbocycles. The molecule has 0 radical (unpaired) electrons. The summed E-state index contributed by atoms with van der Waals surface area (Å²) in [5, 5.41) is 18.9. The summed E-state index contributed by atoms with van der Waals surface area (Å²) in [6.07, 6.45) is 8.52. The molecule has 2 aromatic heterocycles. The van der Waals surface area contributed by atoms with E-state index in [2.05, 4.69) is 31.2 Å². The minimum absolute atomic E-state index is 0.265. The van der Waals surface area contributed by atoms with Crippen molar-refractivity contribution in [1.29, 1.82) is 0 Å². The number of aliphatic hydroxyl groups excluding tert-OH is 1. The number of rotatable bonds is 4. The molecule has 0 bridgehead atoms. The fourth-order valence-corrected chi connectivity index (χ4v) is 5.73. The van der Waals surface area contributed by atoms with E-state index in [1.165, 1.54) is 6.42 Å². The second-order valence-corrected chi connectivity index (χ2v) is 9.72. The average Bonchev–Trinajstić information content (AvgIpc) is 3.55. The Morgan fingerprint density at radius 2 is 2.03 bits per heavy atom. The Bertz CT molecular complexity index is 1220. The minimum Gasteiger partial charge on any atom is -0.457 e. The van der Waals surface area contributed by atoms with Crippen LogP contribution in [0.25, 0.3) is 5.78 Å². The summed E-state index contributed by atoms with van der Waals surface area (Å²) in [4.78, 5) is 21.0. The number of hydrogen-bond acceptors (Lipinski definition) is 8. The third-order valence-corrected chi connectivity index (χ3v) is 7.86. The van der Waals surface area contributed by atoms with Gasteiger partial charge in [0.05, 0.1) is 23.6 Å². The van der Waals surface area contributed by atoms with Crippen molar-refractivity contribution in [2.24, 2.45) is 5.41 Å². The van der Waals surface area contributed by atoms with Crippen LogP contribution >= 0.6 is 0 Å². The first-order valence-electron chi connectivity index (χ1n) is 11.6. The number of cyclic esters (lactones) is 1. The van der Waals surface area contributed by atoms with Crippen molar-refractivity contribution in [1.82, 2.24) is 24.5 Å². The van der Waals surface area contributed by atoms with Gasteiger partial charge in [-0.15, -0.1) is 10.2 Å². The highest BCUT2D eigenvalue weighted by atomic mass is 16.5. The van der Waals surface area contributed by atoms with Crippen molar-refractivity contribution in [3.8, 4) is 0 Å². The predicted molar refractivity (Wildman–Crippen MR) is 121 cm³/mol. The third-order valence-electron chi connectivity index (χ3n) is 7.86. The van der Waals surface area contributed by atoms with E-state index >= 15 is 0 Å². The van der Waals surface area contributed by atoms with Gasteiger partial charge in [0.15, 0.2) is 0 Å². The number of anilines is 1. The molecular formula is C24H28N6O3. The van der Waals surface area contributed by atoms with Crippen LogP contribution in [0, 0.1) is 12.3 Å². The molecule has 1 N–H and O–H groups in total. The molecule has 0 amide bonds. The van der Waals surface area contributed by atoms with E-state index < -0.39 is 6.10 Å². The zero-order valence-electron chi connectivity index (χ0n) is 18.8. The second-order valence-electron chi connectivity index (χ2n) is 9.72. The van der Waals surface area contributed by atoms with Crippen LogP contribution in [0.5, 0.6) is 0 Å². The molecular weight excluding hydrogens is 420 g/mol. The summed E-state index contributed by atoms with van der Waals surface area (Å²) < 4.78 is 7.02. The van der Waals surface area contributed by atoms with Crippen molar-refractivity contribution in [3.63, 3.8) is 0 Å². The quantitative estimate of drug-likeness (QED) is 0.607. The maximum atomic E-state index is 11.8. The first-order valence-corrected chi connectivity index (χ1v) is 11.6. The number of esters is 1. The molecule has 0 saturated carbocycles. The van der Waals surface area contributed by atoms with Gasteiger partial charge >= 0.3 is 5.97 Å². The van der Waals surface area contributed by atoms with E-state index in [0.717, 1.165) is 61.4 Å². The Balaban J connectivity index is 1.08. The summed E-state index contributed by atoms with van der Waals surface area (Å²) in [6.45, 7) is 6.94. The number of β-amino-alcohol motifs (C(OH)–C–C–N with tert-alkyl or cyclic N) is 1. The smallest absolute Gasteiger partial charge is 0.338 e. The zero-order chi connectivity index (χ0) is 22.6. The Morgan fingerprint density at radius 3 is 2.88 bits per heavy atom. The lowest BCUT2D eigenvalue weighted by atomic mass is 9.77. The van der Waals surface area contributed by atoms with E-state index in [9.17, 15) is 9.90 Å². The van der Waals surface area contributed by atoms with Gasteiger partial charge in [0.2, 0.25) is 0 Å². The van der Waals surface area contributed by atoms with Gasteiger partial charge in [-0.25, -0.2) is 9.78 Å². The van der Waals surface area contributed by atoms with E-state index in [-0.39, 0.29) is 5.97 Å². The van der Waals surface area contributed by atoms with Gasteiger partial charge in [-0.1, -0.05) is 6.07 Å². The minimum atomic E-state index is -0.568. The van der Waals surface area contributed by atoms with Crippen LogP contribution in [0.15, 0.2) is 30.9 Å². The average molecular weight is 449 g/mol. The summed E-state index contributed by atoms with van der Waals surface area (Å²) in [5.74, 6) is 0.357. The van der Waals surface area contributed by atoms with Gasteiger partial charge < -0.3 is 19.6 Å². The Kier molecular flexibility index (Phi) is 4.84. The lowest BCUT2D eigenvalue weighted by molar-refractivity contribution is 0.0534. The molecule has 9 nitrogen and oxygen atoms in total. The molecule has 2 saturated heterocycles. The number of carbonyl (C=O) groups excluding carboxylic acids is 1. The molecule has 33 heavy (non-hydrogen) atoms. The molecule has 1 atom stereocenters. The van der Waals surface area contributed by atoms with Crippen molar-refractivity contribution in [3.05, 3.63) is 53.1 Å². The summed E-state index contributed by atoms with van der Waals surface area (Å²) in [5.41, 5.74) is 4.87. The number of aromatic nitrogens is 4. The first kappa shape index (κ1) is 20.6. The standard InChI is InChI=1S/C24H28N6O3/c1-16-18(2-3-19-20(16)13-33-22(19)32)21(31)12-28-7-4-24(5-8-28)6-9-29(14-24)17-10-25-23-27-26-15-30(23)11-17/h2-3,10-11,15,21,31H,4-9,12-14H2,1H3/t21-/m0/s1. The number of likely N-dealkylation sites (tertiary alicyclic amines) is 1. The molecule has 9 heteroatoms. The third kappa shape index (κ3) is 3.55. The highest BCUT2D eigenvalue weighted by Crippen LogP contribution is 2.42. The fourth-order valence-electron chi connectivity index (χ4n) is 5.73. The molecule has 5 heterocycles. The molecule has 3 aromatic rings. The molecule has 6 rings (SSSR count). The van der Waals surface area contributed by atoms with Crippen LogP contribution in [-0.4, -0.2) is 68.3 Å². The number of aliphatic hydroxyl groups is 1. The van der Waals surface area contributed by atoms with Crippen molar-refractivity contribution in [2.45, 2.75) is 38.9 Å². The van der Waals surface area contributed by atoms with Gasteiger partial charge in [0.25, 0.3) is 5.78 Å². The van der Waals surface area contributed by atoms with Gasteiger partial charge in [-0.2, -0.15) is 0 Å². The number of piperidine rings is 1. The maximum absolute atomic E-state index is 11.8. The lowest BCUT2D eigenvalue weighted by Crippen LogP contribution is -2.43. The number of nitrogens with zero attached hydrogens (tertiary/aromatic N) is 6. The van der Waals surface area contributed by atoms with Crippen molar-refractivity contribution < 1.29 is 14.6 Å². The second kappa shape index (κ2) is 7.78. The number of hydrogen-bond donors (Lipinski definition) is 1. The van der Waals surface area contributed by atoms with Crippen LogP contribution in [0.2, 0.25) is 0 Å². The Labute approximate surface area is 192 Å². The van der Waals surface area contributed by atoms with Crippen LogP contribution in [0.3, 0.4) is 0 Å². The topological polar surface area (TPSA) is 96.1 Å².